The van der Waals surface area contributed by atoms with Gasteiger partial charge in [-0.1, -0.05) is 38.5 Å². The van der Waals surface area contributed by atoms with Gasteiger partial charge in [0.15, 0.2) is 6.29 Å². The van der Waals surface area contributed by atoms with E-state index in [4.69, 9.17) is 33.5 Å². The van der Waals surface area contributed by atoms with Crippen molar-refractivity contribution in [1.82, 2.24) is 0 Å². The molecule has 8 nitrogen and oxygen atoms in total. The van der Waals surface area contributed by atoms with E-state index in [9.17, 15) is 4.79 Å². The van der Waals surface area contributed by atoms with E-state index in [1.54, 1.807) is 28.3 Å². The largest absolute Gasteiger partial charge is 0.494 e. The second-order valence-electron chi connectivity index (χ2n) is 7.30. The Balaban J connectivity index is 0.00000189. The molecular formula is C25H44O8. The van der Waals surface area contributed by atoms with Gasteiger partial charge in [0.25, 0.3) is 0 Å². The van der Waals surface area contributed by atoms with E-state index in [1.807, 2.05) is 52.0 Å². The summed E-state index contributed by atoms with van der Waals surface area (Å²) in [6.45, 7) is 10.5. The number of methoxy groups -OCH3 is 3. The summed E-state index contributed by atoms with van der Waals surface area (Å²) in [5.41, 5.74) is 1.18. The first-order chi connectivity index (χ1) is 15.9. The van der Waals surface area contributed by atoms with Crippen LogP contribution in [0.15, 0.2) is 24.3 Å². The molecule has 33 heavy (non-hydrogen) atoms. The second kappa shape index (κ2) is 18.7. The molecule has 0 spiro atoms. The molecule has 2 rings (SSSR count). The highest BCUT2D eigenvalue weighted by Gasteiger charge is 2.45. The molecule has 5 atom stereocenters. The molecule has 1 aliphatic rings. The molecular weight excluding hydrogens is 428 g/mol. The zero-order valence-electron chi connectivity index (χ0n) is 21.5. The molecule has 1 aliphatic heterocycles. The molecule has 8 heteroatoms. The number of carbonyl (C=O) groups is 1. The fourth-order valence-electron chi connectivity index (χ4n) is 3.37. The summed E-state index contributed by atoms with van der Waals surface area (Å²) in [5, 5.41) is 7.57. The van der Waals surface area contributed by atoms with Gasteiger partial charge in [-0.2, -0.15) is 0 Å². The number of aryl methyl sites for hydroxylation is 1. The maximum absolute atomic E-state index is 12.1. The van der Waals surface area contributed by atoms with Crippen LogP contribution >= 0.6 is 0 Å². The van der Waals surface area contributed by atoms with E-state index >= 15 is 0 Å². The minimum atomic E-state index is -0.455. The lowest BCUT2D eigenvalue weighted by Gasteiger charge is -2.43. The number of hydrogen-bond donors (Lipinski definition) is 1. The molecule has 0 bridgehead atoms. The van der Waals surface area contributed by atoms with Crippen LogP contribution in [0, 0.1) is 12.8 Å². The van der Waals surface area contributed by atoms with Crippen LogP contribution in [0.2, 0.25) is 0 Å². The van der Waals surface area contributed by atoms with Gasteiger partial charge in [-0.15, -0.1) is 0 Å². The van der Waals surface area contributed by atoms with Crippen molar-refractivity contribution in [3.63, 3.8) is 0 Å². The Morgan fingerprint density at radius 2 is 1.61 bits per heavy atom. The Morgan fingerprint density at radius 1 is 1.03 bits per heavy atom. The van der Waals surface area contributed by atoms with Gasteiger partial charge < -0.3 is 33.5 Å². The van der Waals surface area contributed by atoms with E-state index in [0.717, 1.165) is 5.75 Å². The zero-order valence-corrected chi connectivity index (χ0v) is 21.5. The minimum Gasteiger partial charge on any atom is -0.494 e. The molecule has 192 valence electrons. The maximum Gasteiger partial charge on any atom is 0.306 e. The SMILES string of the molecule is CC.CCO.COC1OC(COC(=O)CCCOc2ccc(C)cc2)C(OC)C(OC)C1C. The second-order valence-corrected chi connectivity index (χ2v) is 7.30. The van der Waals surface area contributed by atoms with Crippen LogP contribution < -0.4 is 4.74 Å². The number of benzene rings is 1. The van der Waals surface area contributed by atoms with Gasteiger partial charge in [-0.25, -0.2) is 0 Å². The Morgan fingerprint density at radius 3 is 2.12 bits per heavy atom. The Kier molecular flexibility index (Phi) is 17.7. The number of ether oxygens (including phenoxy) is 6. The molecule has 1 aromatic carbocycles. The molecule has 1 aromatic rings. The van der Waals surface area contributed by atoms with Crippen molar-refractivity contribution in [3.05, 3.63) is 29.8 Å². The third-order valence-corrected chi connectivity index (χ3v) is 4.95. The summed E-state index contributed by atoms with van der Waals surface area (Å²) >= 11 is 0. The first kappa shape index (κ1) is 31.3. The van der Waals surface area contributed by atoms with Gasteiger partial charge in [0, 0.05) is 40.3 Å². The van der Waals surface area contributed by atoms with Crippen LogP contribution in [0.4, 0.5) is 0 Å². The Labute approximate surface area is 199 Å². The third-order valence-electron chi connectivity index (χ3n) is 4.95. The normalized spacial score (nSPS) is 24.0. The van der Waals surface area contributed by atoms with E-state index in [2.05, 4.69) is 0 Å². The highest BCUT2D eigenvalue weighted by molar-refractivity contribution is 5.69. The summed E-state index contributed by atoms with van der Waals surface area (Å²) in [7, 11) is 4.80. The smallest absolute Gasteiger partial charge is 0.306 e. The molecule has 1 heterocycles. The number of aliphatic hydroxyl groups is 1. The van der Waals surface area contributed by atoms with Gasteiger partial charge in [0.05, 0.1) is 12.7 Å². The number of aliphatic hydroxyl groups excluding tert-OH is 1. The van der Waals surface area contributed by atoms with E-state index in [0.29, 0.717) is 13.0 Å². The lowest BCUT2D eigenvalue weighted by molar-refractivity contribution is -0.284. The molecule has 5 unspecified atom stereocenters. The van der Waals surface area contributed by atoms with Crippen LogP contribution in [0.5, 0.6) is 5.75 Å². The number of carbonyl (C=O) groups excluding carboxylic acids is 1. The highest BCUT2D eigenvalue weighted by atomic mass is 16.7. The molecule has 1 fully saturated rings. The fourth-order valence-corrected chi connectivity index (χ4v) is 3.37. The lowest BCUT2D eigenvalue weighted by Crippen LogP contribution is -2.57. The molecule has 1 saturated heterocycles. The maximum atomic E-state index is 12.1. The van der Waals surface area contributed by atoms with Crippen molar-refractivity contribution in [2.24, 2.45) is 5.92 Å². The molecule has 0 radical (unpaired) electrons. The van der Waals surface area contributed by atoms with Crippen molar-refractivity contribution >= 4 is 5.97 Å². The summed E-state index contributed by atoms with van der Waals surface area (Å²) < 4.78 is 33.4. The predicted octanol–water partition coefficient (Wildman–Crippen LogP) is 3.76. The number of hydrogen-bond acceptors (Lipinski definition) is 8. The molecule has 0 amide bonds. The van der Waals surface area contributed by atoms with Crippen LogP contribution in [0.25, 0.3) is 0 Å². The van der Waals surface area contributed by atoms with Crippen LogP contribution in [0.3, 0.4) is 0 Å². The highest BCUT2D eigenvalue weighted by Crippen LogP contribution is 2.30. The predicted molar refractivity (Wildman–Crippen MR) is 127 cm³/mol. The molecule has 0 saturated carbocycles. The number of esters is 1. The van der Waals surface area contributed by atoms with Crippen molar-refractivity contribution in [2.75, 3.05) is 41.2 Å². The van der Waals surface area contributed by atoms with Crippen LogP contribution in [0.1, 0.15) is 46.1 Å². The van der Waals surface area contributed by atoms with Crippen LogP contribution in [-0.2, 0) is 28.5 Å². The average Bonchev–Trinajstić information content (AvgIpc) is 2.83. The third kappa shape index (κ3) is 11.3. The number of rotatable bonds is 10. The molecule has 1 N–H and O–H groups in total. The fraction of sp³-hybridized carbons (Fsp3) is 0.720. The lowest BCUT2D eigenvalue weighted by atomic mass is 9.92. The summed E-state index contributed by atoms with van der Waals surface area (Å²) in [6.07, 6.45) is -0.607. The van der Waals surface area contributed by atoms with Gasteiger partial charge in [0.1, 0.15) is 24.6 Å². The molecule has 0 aliphatic carbocycles. The van der Waals surface area contributed by atoms with Crippen molar-refractivity contribution in [1.29, 1.82) is 0 Å². The van der Waals surface area contributed by atoms with Crippen LogP contribution in [-0.4, -0.2) is 76.8 Å². The monoisotopic (exact) mass is 472 g/mol. The Hall–Kier alpha value is -1.71. The summed E-state index contributed by atoms with van der Waals surface area (Å²) in [4.78, 5) is 12.1. The first-order valence-corrected chi connectivity index (χ1v) is 11.6. The van der Waals surface area contributed by atoms with Gasteiger partial charge in [-0.3, -0.25) is 4.79 Å². The van der Waals surface area contributed by atoms with Crippen molar-refractivity contribution in [3.8, 4) is 5.75 Å². The van der Waals surface area contributed by atoms with Crippen molar-refractivity contribution < 1.29 is 38.3 Å². The minimum absolute atomic E-state index is 0.00850. The molecule has 0 aromatic heterocycles. The summed E-state index contributed by atoms with van der Waals surface area (Å²) in [6, 6.07) is 7.81. The summed E-state index contributed by atoms with van der Waals surface area (Å²) in [5.74, 6) is 0.487. The first-order valence-electron chi connectivity index (χ1n) is 11.6. The standard InChI is InChI=1S/C21H32O7.C2H6O.C2H6/c1-14-8-10-16(11-9-14)26-12-6-7-18(22)27-13-17-20(24-4)19(23-3)15(2)21(25-5)28-17;1-2-3;1-2/h8-11,15,17,19-21H,6-7,12-13H2,1-5H3;3H,2H2,1H3;1-2H3. The van der Waals surface area contributed by atoms with Gasteiger partial charge in [-0.05, 0) is 32.4 Å². The van der Waals surface area contributed by atoms with Gasteiger partial charge in [0.2, 0.25) is 0 Å². The van der Waals surface area contributed by atoms with E-state index in [-0.39, 0.29) is 43.7 Å². The quantitative estimate of drug-likeness (QED) is 0.406. The average molecular weight is 473 g/mol. The topological polar surface area (TPSA) is 92.7 Å². The Bertz CT molecular complexity index is 607. The van der Waals surface area contributed by atoms with E-state index in [1.165, 1.54) is 5.56 Å². The zero-order chi connectivity index (χ0) is 25.2. The van der Waals surface area contributed by atoms with Gasteiger partial charge >= 0.3 is 5.97 Å². The van der Waals surface area contributed by atoms with Crippen molar-refractivity contribution in [2.45, 2.75) is 72.1 Å². The van der Waals surface area contributed by atoms with E-state index < -0.39 is 12.4 Å².